The van der Waals surface area contributed by atoms with E-state index in [9.17, 15) is 0 Å². The summed E-state index contributed by atoms with van der Waals surface area (Å²) in [5.41, 5.74) is 0.594. The zero-order chi connectivity index (χ0) is 18.4. The van der Waals surface area contributed by atoms with Crippen LogP contribution in [0, 0.1) is 5.41 Å². The summed E-state index contributed by atoms with van der Waals surface area (Å²) in [4.78, 5) is 12.8. The van der Waals surface area contributed by atoms with Gasteiger partial charge in [-0.05, 0) is 45.1 Å². The monoisotopic (exact) mass is 363 g/mol. The Hall–Kier alpha value is -0.810. The molecule has 3 aliphatic rings. The van der Waals surface area contributed by atoms with Crippen LogP contribution < -0.4 is 5.32 Å². The minimum absolute atomic E-state index is 0.536. The molecular weight excluding hydrogens is 322 g/mol. The van der Waals surface area contributed by atoms with Crippen molar-refractivity contribution < 1.29 is 0 Å². The van der Waals surface area contributed by atoms with E-state index in [1.54, 1.807) is 0 Å². The summed E-state index contributed by atoms with van der Waals surface area (Å²) in [5, 5.41) is 3.57. The van der Waals surface area contributed by atoms with Crippen molar-refractivity contribution >= 4 is 5.96 Å². The van der Waals surface area contributed by atoms with Gasteiger partial charge in [-0.2, -0.15) is 0 Å². The van der Waals surface area contributed by atoms with Gasteiger partial charge in [0.25, 0.3) is 0 Å². The molecule has 2 heterocycles. The molecule has 0 aromatic rings. The lowest BCUT2D eigenvalue weighted by molar-refractivity contribution is 0.109. The Bertz CT molecular complexity index is 449. The van der Waals surface area contributed by atoms with Crippen LogP contribution >= 0.6 is 0 Å². The Morgan fingerprint density at radius 1 is 1.00 bits per heavy atom. The molecule has 1 spiro atoms. The summed E-state index contributed by atoms with van der Waals surface area (Å²) in [6.07, 6.45) is 8.54. The van der Waals surface area contributed by atoms with E-state index in [4.69, 9.17) is 4.99 Å². The smallest absolute Gasteiger partial charge is 0.193 e. The number of piperazine rings is 1. The highest BCUT2D eigenvalue weighted by atomic mass is 15.3. The van der Waals surface area contributed by atoms with Gasteiger partial charge in [0.15, 0.2) is 5.96 Å². The second kappa shape index (κ2) is 9.41. The third-order valence-corrected chi connectivity index (χ3v) is 6.97. The van der Waals surface area contributed by atoms with Gasteiger partial charge >= 0.3 is 0 Å². The molecule has 2 saturated heterocycles. The molecule has 150 valence electrons. The molecule has 1 unspecified atom stereocenters. The molecule has 0 aromatic heterocycles. The normalized spacial score (nSPS) is 26.4. The maximum absolute atomic E-state index is 5.06. The average molecular weight is 364 g/mol. The van der Waals surface area contributed by atoms with Crippen LogP contribution in [-0.2, 0) is 0 Å². The van der Waals surface area contributed by atoms with E-state index in [-0.39, 0.29) is 0 Å². The quantitative estimate of drug-likeness (QED) is 0.601. The minimum Gasteiger partial charge on any atom is -0.357 e. The van der Waals surface area contributed by atoms with Gasteiger partial charge in [0, 0.05) is 51.9 Å². The first-order valence-corrected chi connectivity index (χ1v) is 11.2. The SMILES string of the molecule is CCNC(=NCC(C)N1CCN(CC)CC1)N1CCC2(CCCCC2)C1. The Kier molecular flexibility index (Phi) is 7.21. The second-order valence-electron chi connectivity index (χ2n) is 8.75. The molecule has 0 aromatic carbocycles. The van der Waals surface area contributed by atoms with Gasteiger partial charge in [0.05, 0.1) is 6.54 Å². The van der Waals surface area contributed by atoms with Crippen LogP contribution in [0.3, 0.4) is 0 Å². The van der Waals surface area contributed by atoms with Crippen molar-refractivity contribution in [3.8, 4) is 0 Å². The lowest BCUT2D eigenvalue weighted by Crippen LogP contribution is -2.50. The molecule has 1 N–H and O–H groups in total. The fourth-order valence-corrected chi connectivity index (χ4v) is 5.11. The average Bonchev–Trinajstić information content (AvgIpc) is 3.08. The molecule has 26 heavy (non-hydrogen) atoms. The maximum atomic E-state index is 5.06. The lowest BCUT2D eigenvalue weighted by atomic mass is 9.73. The fourth-order valence-electron chi connectivity index (χ4n) is 5.11. The summed E-state index contributed by atoms with van der Waals surface area (Å²) >= 11 is 0. The van der Waals surface area contributed by atoms with Crippen LogP contribution in [0.25, 0.3) is 0 Å². The summed E-state index contributed by atoms with van der Waals surface area (Å²) in [6.45, 7) is 17.1. The maximum Gasteiger partial charge on any atom is 0.193 e. The van der Waals surface area contributed by atoms with E-state index in [1.807, 2.05) is 0 Å². The highest BCUT2D eigenvalue weighted by Gasteiger charge is 2.39. The molecule has 0 amide bonds. The topological polar surface area (TPSA) is 34.1 Å². The number of nitrogens with zero attached hydrogens (tertiary/aromatic N) is 4. The van der Waals surface area contributed by atoms with Gasteiger partial charge in [-0.15, -0.1) is 0 Å². The molecule has 0 radical (unpaired) electrons. The van der Waals surface area contributed by atoms with Crippen LogP contribution in [0.15, 0.2) is 4.99 Å². The standard InChI is InChI=1S/C21H41N5/c1-4-22-20(26-12-11-21(18-26)9-7-6-8-10-21)23-17-19(3)25-15-13-24(5-2)14-16-25/h19H,4-18H2,1-3H3,(H,22,23). The molecular formula is C21H41N5. The van der Waals surface area contributed by atoms with Crippen molar-refractivity contribution in [3.05, 3.63) is 0 Å². The van der Waals surface area contributed by atoms with Crippen LogP contribution in [0.2, 0.25) is 0 Å². The number of hydrogen-bond donors (Lipinski definition) is 1. The van der Waals surface area contributed by atoms with Crippen molar-refractivity contribution in [2.24, 2.45) is 10.4 Å². The van der Waals surface area contributed by atoms with E-state index < -0.39 is 0 Å². The third-order valence-electron chi connectivity index (χ3n) is 6.97. The Labute approximate surface area is 161 Å². The largest absolute Gasteiger partial charge is 0.357 e. The van der Waals surface area contributed by atoms with Gasteiger partial charge in [0.1, 0.15) is 0 Å². The van der Waals surface area contributed by atoms with E-state index in [2.05, 4.69) is 40.8 Å². The third kappa shape index (κ3) is 4.92. The van der Waals surface area contributed by atoms with E-state index >= 15 is 0 Å². The van der Waals surface area contributed by atoms with Crippen LogP contribution in [0.4, 0.5) is 0 Å². The molecule has 2 aliphatic heterocycles. The number of likely N-dealkylation sites (N-methyl/N-ethyl adjacent to an activating group) is 1. The predicted molar refractivity (Wildman–Crippen MR) is 111 cm³/mol. The summed E-state index contributed by atoms with van der Waals surface area (Å²) < 4.78 is 0. The Morgan fingerprint density at radius 2 is 1.73 bits per heavy atom. The number of likely N-dealkylation sites (tertiary alicyclic amines) is 1. The fraction of sp³-hybridized carbons (Fsp3) is 0.952. The van der Waals surface area contributed by atoms with Crippen molar-refractivity contribution in [1.29, 1.82) is 0 Å². The first-order valence-electron chi connectivity index (χ1n) is 11.2. The predicted octanol–water partition coefficient (Wildman–Crippen LogP) is 2.63. The molecule has 3 rings (SSSR count). The van der Waals surface area contributed by atoms with Gasteiger partial charge in [0.2, 0.25) is 0 Å². The lowest BCUT2D eigenvalue weighted by Gasteiger charge is -2.37. The number of rotatable bonds is 5. The van der Waals surface area contributed by atoms with Gasteiger partial charge in [-0.1, -0.05) is 26.2 Å². The van der Waals surface area contributed by atoms with Gasteiger partial charge in [-0.3, -0.25) is 9.89 Å². The van der Waals surface area contributed by atoms with E-state index in [0.717, 1.165) is 19.0 Å². The van der Waals surface area contributed by atoms with Gasteiger partial charge < -0.3 is 15.1 Å². The summed E-state index contributed by atoms with van der Waals surface area (Å²) in [7, 11) is 0. The Balaban J connectivity index is 1.54. The summed E-state index contributed by atoms with van der Waals surface area (Å²) in [6, 6.07) is 0.536. The van der Waals surface area contributed by atoms with Crippen molar-refractivity contribution in [3.63, 3.8) is 0 Å². The number of aliphatic imine (C=N–C) groups is 1. The minimum atomic E-state index is 0.536. The zero-order valence-electron chi connectivity index (χ0n) is 17.5. The van der Waals surface area contributed by atoms with E-state index in [1.165, 1.54) is 84.3 Å². The molecule has 5 nitrogen and oxygen atoms in total. The van der Waals surface area contributed by atoms with Crippen molar-refractivity contribution in [2.45, 2.75) is 65.3 Å². The molecule has 1 saturated carbocycles. The molecule has 3 fully saturated rings. The van der Waals surface area contributed by atoms with Gasteiger partial charge in [-0.25, -0.2) is 0 Å². The zero-order valence-corrected chi connectivity index (χ0v) is 17.5. The number of hydrogen-bond acceptors (Lipinski definition) is 3. The second-order valence-corrected chi connectivity index (χ2v) is 8.75. The first kappa shape index (κ1) is 19.9. The number of nitrogens with one attached hydrogen (secondary N) is 1. The van der Waals surface area contributed by atoms with Crippen molar-refractivity contribution in [2.75, 3.05) is 58.9 Å². The molecule has 1 atom stereocenters. The molecule has 0 bridgehead atoms. The molecule has 1 aliphatic carbocycles. The van der Waals surface area contributed by atoms with Crippen LogP contribution in [0.5, 0.6) is 0 Å². The first-order chi connectivity index (χ1) is 12.7. The summed E-state index contributed by atoms with van der Waals surface area (Å²) in [5.74, 6) is 1.16. The van der Waals surface area contributed by atoms with Crippen LogP contribution in [0.1, 0.15) is 59.3 Å². The van der Waals surface area contributed by atoms with Crippen LogP contribution in [-0.4, -0.2) is 85.6 Å². The van der Waals surface area contributed by atoms with Crippen molar-refractivity contribution in [1.82, 2.24) is 20.0 Å². The molecule has 5 heteroatoms. The number of guanidine groups is 1. The highest BCUT2D eigenvalue weighted by molar-refractivity contribution is 5.80. The Morgan fingerprint density at radius 3 is 2.38 bits per heavy atom. The highest BCUT2D eigenvalue weighted by Crippen LogP contribution is 2.43. The van der Waals surface area contributed by atoms with E-state index in [0.29, 0.717) is 11.5 Å².